The van der Waals surface area contributed by atoms with Crippen molar-refractivity contribution in [1.82, 2.24) is 0 Å². The second-order valence-corrected chi connectivity index (χ2v) is 14.3. The fourth-order valence-electron chi connectivity index (χ4n) is 2.28. The first-order valence-electron chi connectivity index (χ1n) is 8.31. The first-order chi connectivity index (χ1) is 14.1. The van der Waals surface area contributed by atoms with Crippen LogP contribution in [0.4, 0.5) is 13.2 Å². The fraction of sp³-hybridized carbons (Fsp3) is 0.0526. The van der Waals surface area contributed by atoms with E-state index >= 15 is 0 Å². The van der Waals surface area contributed by atoms with Crippen molar-refractivity contribution in [3.8, 4) is 0 Å². The summed E-state index contributed by atoms with van der Waals surface area (Å²) in [5.41, 5.74) is -5.63. The monoisotopic (exact) mass is 570 g/mol. The molecule has 0 atom stereocenters. The first kappa shape index (κ1) is 23.0. The molecule has 30 heavy (non-hydrogen) atoms. The SMILES string of the molecule is O=P(OI(OS(=O)(=O)C(F)(F)F)c1ccccc1)(c1ccccc1)c1ccccc1. The molecular formula is C19H15F3IO5PS. The van der Waals surface area contributed by atoms with Crippen LogP contribution in [0.1, 0.15) is 0 Å². The van der Waals surface area contributed by atoms with Gasteiger partial charge in [-0.25, -0.2) is 0 Å². The molecule has 0 heterocycles. The zero-order valence-corrected chi connectivity index (χ0v) is 18.9. The third-order valence-corrected chi connectivity index (χ3v) is 13.7. The minimum atomic E-state index is -5.96. The van der Waals surface area contributed by atoms with Gasteiger partial charge >= 0.3 is 180 Å². The van der Waals surface area contributed by atoms with E-state index in [4.69, 9.17) is 2.85 Å². The Morgan fingerprint density at radius 1 is 0.733 bits per heavy atom. The minimum absolute atomic E-state index is 0.113. The number of benzene rings is 3. The molecule has 0 aliphatic heterocycles. The normalized spacial score (nSPS) is 13.1. The van der Waals surface area contributed by atoms with E-state index in [0.717, 1.165) is 0 Å². The molecule has 3 aromatic carbocycles. The van der Waals surface area contributed by atoms with Crippen LogP contribution in [0, 0.1) is 3.57 Å². The Morgan fingerprint density at radius 2 is 1.13 bits per heavy atom. The van der Waals surface area contributed by atoms with Crippen molar-refractivity contribution in [2.75, 3.05) is 0 Å². The van der Waals surface area contributed by atoms with Crippen molar-refractivity contribution in [3.63, 3.8) is 0 Å². The molecule has 0 saturated heterocycles. The third kappa shape index (κ3) is 5.12. The number of hydrogen-bond donors (Lipinski definition) is 0. The Balaban J connectivity index is 2.11. The Kier molecular flexibility index (Phi) is 7.03. The van der Waals surface area contributed by atoms with Gasteiger partial charge in [-0.15, -0.1) is 0 Å². The summed E-state index contributed by atoms with van der Waals surface area (Å²) >= 11 is -4.08. The Bertz CT molecular complexity index is 1080. The number of halogens is 4. The van der Waals surface area contributed by atoms with Crippen molar-refractivity contribution in [2.24, 2.45) is 0 Å². The molecule has 0 fully saturated rings. The molecule has 0 radical (unpaired) electrons. The van der Waals surface area contributed by atoms with Crippen molar-refractivity contribution in [3.05, 3.63) is 94.6 Å². The molecule has 0 unspecified atom stereocenters. The van der Waals surface area contributed by atoms with E-state index in [0.29, 0.717) is 0 Å². The summed E-state index contributed by atoms with van der Waals surface area (Å²) in [5.74, 6) is 0. The Hall–Kier alpha value is -1.72. The predicted octanol–water partition coefficient (Wildman–Crippen LogP) is 5.00. The quantitative estimate of drug-likeness (QED) is 0.227. The summed E-state index contributed by atoms with van der Waals surface area (Å²) < 4.78 is 86.7. The van der Waals surface area contributed by atoms with Crippen LogP contribution >= 0.6 is 28.0 Å². The van der Waals surface area contributed by atoms with Crippen molar-refractivity contribution >= 4 is 48.7 Å². The van der Waals surface area contributed by atoms with Crippen LogP contribution in [0.5, 0.6) is 0 Å². The van der Waals surface area contributed by atoms with E-state index in [2.05, 4.69) is 2.51 Å². The van der Waals surface area contributed by atoms with Crippen molar-refractivity contribution < 1.29 is 31.5 Å². The van der Waals surface area contributed by atoms with Gasteiger partial charge in [0.25, 0.3) is 0 Å². The molecule has 0 aromatic heterocycles. The Labute approximate surface area is 179 Å². The molecule has 0 aliphatic rings. The maximum atomic E-state index is 14.0. The molecule has 3 rings (SSSR count). The maximum absolute atomic E-state index is 14.0. The van der Waals surface area contributed by atoms with E-state index < -0.39 is 43.6 Å². The summed E-state index contributed by atoms with van der Waals surface area (Å²) in [6.07, 6.45) is 0. The van der Waals surface area contributed by atoms with E-state index in [1.54, 1.807) is 42.5 Å². The molecule has 3 aromatic rings. The number of rotatable bonds is 7. The van der Waals surface area contributed by atoms with Gasteiger partial charge in [-0.2, -0.15) is 0 Å². The molecule has 0 aliphatic carbocycles. The summed E-state index contributed by atoms with van der Waals surface area (Å²) in [6, 6.07) is 23.2. The average molecular weight is 570 g/mol. The van der Waals surface area contributed by atoms with E-state index in [1.165, 1.54) is 48.5 Å². The van der Waals surface area contributed by atoms with Gasteiger partial charge in [-0.3, -0.25) is 0 Å². The van der Waals surface area contributed by atoms with Gasteiger partial charge in [-0.1, -0.05) is 0 Å². The van der Waals surface area contributed by atoms with Crippen LogP contribution in [0.25, 0.3) is 0 Å². The first-order valence-corrected chi connectivity index (χ1v) is 14.2. The molecular weight excluding hydrogens is 555 g/mol. The van der Waals surface area contributed by atoms with Gasteiger partial charge in [-0.05, 0) is 0 Å². The zero-order chi connectivity index (χ0) is 21.8. The van der Waals surface area contributed by atoms with Crippen LogP contribution in [0.3, 0.4) is 0 Å². The third-order valence-electron chi connectivity index (χ3n) is 3.69. The molecule has 5 nitrogen and oxygen atoms in total. The molecule has 0 saturated carbocycles. The second kappa shape index (κ2) is 9.19. The topological polar surface area (TPSA) is 69.7 Å². The van der Waals surface area contributed by atoms with Crippen LogP contribution in [-0.2, 0) is 20.0 Å². The van der Waals surface area contributed by atoms with Gasteiger partial charge in [0.2, 0.25) is 0 Å². The Morgan fingerprint density at radius 3 is 1.53 bits per heavy atom. The molecule has 0 N–H and O–H groups in total. The number of alkyl halides is 3. The van der Waals surface area contributed by atoms with Gasteiger partial charge in [0, 0.05) is 0 Å². The number of hydrogen-bond acceptors (Lipinski definition) is 5. The zero-order valence-electron chi connectivity index (χ0n) is 15.1. The van der Waals surface area contributed by atoms with Crippen LogP contribution < -0.4 is 10.6 Å². The van der Waals surface area contributed by atoms with Gasteiger partial charge in [0.15, 0.2) is 0 Å². The molecule has 0 spiro atoms. The van der Waals surface area contributed by atoms with Gasteiger partial charge in [0.1, 0.15) is 0 Å². The summed E-state index contributed by atoms with van der Waals surface area (Å²) in [7, 11) is -9.93. The van der Waals surface area contributed by atoms with E-state index in [9.17, 15) is 26.2 Å². The second-order valence-electron chi connectivity index (χ2n) is 5.77. The molecule has 0 bridgehead atoms. The molecule has 11 heteroatoms. The molecule has 160 valence electrons. The summed E-state index contributed by atoms with van der Waals surface area (Å²) in [6.45, 7) is 0. The van der Waals surface area contributed by atoms with Crippen LogP contribution in [-0.4, -0.2) is 13.9 Å². The standard InChI is InChI=1S/C19H15F3IO5PS/c20-19(21,22)30(25,26)28-23(16-10-4-1-5-11-16)27-29(24,17-12-6-2-7-13-17)18-14-8-3-9-15-18/h1-15H. The fourth-order valence-corrected chi connectivity index (χ4v) is 12.2. The average Bonchev–Trinajstić information content (AvgIpc) is 2.74. The van der Waals surface area contributed by atoms with Crippen LogP contribution in [0.2, 0.25) is 0 Å². The van der Waals surface area contributed by atoms with E-state index in [-0.39, 0.29) is 14.2 Å². The van der Waals surface area contributed by atoms with Gasteiger partial charge < -0.3 is 0 Å². The van der Waals surface area contributed by atoms with Crippen molar-refractivity contribution in [2.45, 2.75) is 5.51 Å². The van der Waals surface area contributed by atoms with Crippen molar-refractivity contribution in [1.29, 1.82) is 0 Å². The summed E-state index contributed by atoms with van der Waals surface area (Å²) in [5, 5.41) is 0.421. The molecule has 0 amide bonds. The van der Waals surface area contributed by atoms with Crippen LogP contribution in [0.15, 0.2) is 91.0 Å². The van der Waals surface area contributed by atoms with E-state index in [1.807, 2.05) is 0 Å². The predicted molar refractivity (Wildman–Crippen MR) is 116 cm³/mol. The van der Waals surface area contributed by atoms with Gasteiger partial charge in [0.05, 0.1) is 0 Å². The summed E-state index contributed by atoms with van der Waals surface area (Å²) in [4.78, 5) is 0.